The van der Waals surface area contributed by atoms with Crippen molar-refractivity contribution in [2.75, 3.05) is 13.6 Å². The maximum Gasteiger partial charge on any atom is 0.230 e. The summed E-state index contributed by atoms with van der Waals surface area (Å²) in [5, 5.41) is 11.0. The molecule has 5 nitrogen and oxygen atoms in total. The summed E-state index contributed by atoms with van der Waals surface area (Å²) in [4.78, 5) is 12.9. The minimum atomic E-state index is -0.135. The number of amides is 1. The van der Waals surface area contributed by atoms with E-state index >= 15 is 0 Å². The molecule has 0 rings (SSSR count). The van der Waals surface area contributed by atoms with Crippen molar-refractivity contribution in [3.63, 3.8) is 0 Å². The molecule has 0 heterocycles. The molecular formula is C8H17N3O2. The van der Waals surface area contributed by atoms with Crippen LogP contribution in [0.3, 0.4) is 0 Å². The van der Waals surface area contributed by atoms with Crippen LogP contribution < -0.4 is 5.73 Å². The fourth-order valence-corrected chi connectivity index (χ4v) is 0.975. The third-order valence-corrected chi connectivity index (χ3v) is 1.53. The van der Waals surface area contributed by atoms with Crippen LogP contribution in [0.25, 0.3) is 0 Å². The Morgan fingerprint density at radius 3 is 2.54 bits per heavy atom. The van der Waals surface area contributed by atoms with Crippen molar-refractivity contribution in [1.82, 2.24) is 4.90 Å². The summed E-state index contributed by atoms with van der Waals surface area (Å²) in [6.07, 6.45) is -0.0281. The number of nitrogens with zero attached hydrogens (tertiary/aromatic N) is 2. The Morgan fingerprint density at radius 1 is 1.62 bits per heavy atom. The summed E-state index contributed by atoms with van der Waals surface area (Å²) in [5.74, 6) is 0.228. The Kier molecular flexibility index (Phi) is 4.87. The summed E-state index contributed by atoms with van der Waals surface area (Å²) < 4.78 is 0. The molecule has 76 valence electrons. The van der Waals surface area contributed by atoms with Crippen molar-refractivity contribution < 1.29 is 10.0 Å². The first-order chi connectivity index (χ1) is 5.97. The largest absolute Gasteiger partial charge is 0.409 e. The molecule has 0 spiro atoms. The van der Waals surface area contributed by atoms with Crippen LogP contribution >= 0.6 is 0 Å². The number of amidine groups is 1. The van der Waals surface area contributed by atoms with Crippen molar-refractivity contribution in [3.05, 3.63) is 0 Å². The number of nitrogens with two attached hydrogens (primary N) is 1. The summed E-state index contributed by atoms with van der Waals surface area (Å²) in [6, 6.07) is 0. The van der Waals surface area contributed by atoms with E-state index in [-0.39, 0.29) is 18.2 Å². The second-order valence-corrected chi connectivity index (χ2v) is 3.44. The fourth-order valence-electron chi connectivity index (χ4n) is 0.975. The molecule has 0 aliphatic heterocycles. The Morgan fingerprint density at radius 2 is 2.15 bits per heavy atom. The predicted octanol–water partition coefficient (Wildman–Crippen LogP) is 0.237. The van der Waals surface area contributed by atoms with E-state index in [0.29, 0.717) is 12.5 Å². The zero-order valence-corrected chi connectivity index (χ0v) is 8.32. The highest BCUT2D eigenvalue weighted by atomic mass is 16.4. The van der Waals surface area contributed by atoms with Gasteiger partial charge < -0.3 is 15.8 Å². The first-order valence-electron chi connectivity index (χ1n) is 4.17. The van der Waals surface area contributed by atoms with Crippen LogP contribution in [0.15, 0.2) is 5.16 Å². The normalized spacial score (nSPS) is 11.8. The highest BCUT2D eigenvalue weighted by molar-refractivity contribution is 5.98. The number of rotatable bonds is 4. The molecule has 0 aromatic rings. The van der Waals surface area contributed by atoms with Crippen LogP contribution in [-0.4, -0.2) is 35.4 Å². The monoisotopic (exact) mass is 187 g/mol. The lowest BCUT2D eigenvalue weighted by Gasteiger charge is -2.18. The Labute approximate surface area is 78.2 Å². The summed E-state index contributed by atoms with van der Waals surface area (Å²) in [5.41, 5.74) is 5.19. The Bertz CT molecular complexity index is 202. The Hall–Kier alpha value is -1.26. The van der Waals surface area contributed by atoms with Crippen molar-refractivity contribution in [3.8, 4) is 0 Å². The number of hydrogen-bond acceptors (Lipinski definition) is 3. The molecule has 0 saturated heterocycles. The van der Waals surface area contributed by atoms with Gasteiger partial charge in [0.1, 0.15) is 5.84 Å². The van der Waals surface area contributed by atoms with Gasteiger partial charge in [-0.3, -0.25) is 4.79 Å². The van der Waals surface area contributed by atoms with Crippen molar-refractivity contribution in [1.29, 1.82) is 0 Å². The van der Waals surface area contributed by atoms with Gasteiger partial charge >= 0.3 is 0 Å². The quantitative estimate of drug-likeness (QED) is 0.286. The summed E-state index contributed by atoms with van der Waals surface area (Å²) in [7, 11) is 1.70. The molecule has 0 aliphatic carbocycles. The molecule has 0 fully saturated rings. The van der Waals surface area contributed by atoms with Crippen LogP contribution in [0.5, 0.6) is 0 Å². The van der Waals surface area contributed by atoms with Crippen LogP contribution in [0.4, 0.5) is 0 Å². The second-order valence-electron chi connectivity index (χ2n) is 3.44. The SMILES string of the molecule is CC(C)CN(C)C(=O)C/C(N)=N/O. The number of carbonyl (C=O) groups excluding carboxylic acids is 1. The van der Waals surface area contributed by atoms with E-state index in [9.17, 15) is 4.79 Å². The van der Waals surface area contributed by atoms with Crippen LogP contribution in [0, 0.1) is 5.92 Å². The van der Waals surface area contributed by atoms with Gasteiger partial charge in [0.2, 0.25) is 5.91 Å². The van der Waals surface area contributed by atoms with Gasteiger partial charge in [-0.05, 0) is 5.92 Å². The maximum atomic E-state index is 11.3. The molecule has 0 aromatic heterocycles. The molecular weight excluding hydrogens is 170 g/mol. The van der Waals surface area contributed by atoms with Gasteiger partial charge in [-0.25, -0.2) is 0 Å². The second kappa shape index (κ2) is 5.40. The van der Waals surface area contributed by atoms with Gasteiger partial charge in [0.05, 0.1) is 6.42 Å². The molecule has 0 unspecified atom stereocenters. The third-order valence-electron chi connectivity index (χ3n) is 1.53. The van der Waals surface area contributed by atoms with E-state index in [0.717, 1.165) is 0 Å². The standard InChI is InChI=1S/C8H17N3O2/c1-6(2)5-11(3)8(12)4-7(9)10-13/h6,13H,4-5H2,1-3H3,(H2,9,10). The molecule has 1 amide bonds. The van der Waals surface area contributed by atoms with Crippen molar-refractivity contribution in [2.24, 2.45) is 16.8 Å². The first kappa shape index (κ1) is 11.7. The summed E-state index contributed by atoms with van der Waals surface area (Å²) in [6.45, 7) is 4.72. The lowest BCUT2D eigenvalue weighted by atomic mass is 10.2. The molecule has 0 aliphatic rings. The van der Waals surface area contributed by atoms with Gasteiger partial charge in [0.25, 0.3) is 0 Å². The lowest BCUT2D eigenvalue weighted by molar-refractivity contribution is -0.129. The average molecular weight is 187 g/mol. The Balaban J connectivity index is 3.97. The first-order valence-corrected chi connectivity index (χ1v) is 4.17. The van der Waals surface area contributed by atoms with E-state index in [1.165, 1.54) is 0 Å². The van der Waals surface area contributed by atoms with Crippen LogP contribution in [0.1, 0.15) is 20.3 Å². The number of carbonyl (C=O) groups is 1. The van der Waals surface area contributed by atoms with Gasteiger partial charge in [-0.15, -0.1) is 0 Å². The average Bonchev–Trinajstić information content (AvgIpc) is 2.02. The van der Waals surface area contributed by atoms with Gasteiger partial charge in [-0.2, -0.15) is 0 Å². The van der Waals surface area contributed by atoms with Crippen LogP contribution in [-0.2, 0) is 4.79 Å². The van der Waals surface area contributed by atoms with Gasteiger partial charge in [0.15, 0.2) is 0 Å². The van der Waals surface area contributed by atoms with E-state index in [2.05, 4.69) is 5.16 Å². The molecule has 0 bridgehead atoms. The molecule has 0 aromatic carbocycles. The number of hydrogen-bond donors (Lipinski definition) is 2. The minimum absolute atomic E-state index is 0.0281. The summed E-state index contributed by atoms with van der Waals surface area (Å²) >= 11 is 0. The van der Waals surface area contributed by atoms with E-state index < -0.39 is 0 Å². The molecule has 5 heteroatoms. The van der Waals surface area contributed by atoms with Crippen LogP contribution in [0.2, 0.25) is 0 Å². The number of oxime groups is 1. The van der Waals surface area contributed by atoms with Gasteiger partial charge in [0, 0.05) is 13.6 Å². The molecule has 0 atom stereocenters. The zero-order chi connectivity index (χ0) is 10.4. The van der Waals surface area contributed by atoms with E-state index in [4.69, 9.17) is 10.9 Å². The maximum absolute atomic E-state index is 11.3. The van der Waals surface area contributed by atoms with Crippen molar-refractivity contribution in [2.45, 2.75) is 20.3 Å². The fraction of sp³-hybridized carbons (Fsp3) is 0.750. The highest BCUT2D eigenvalue weighted by Crippen LogP contribution is 1.98. The molecule has 13 heavy (non-hydrogen) atoms. The van der Waals surface area contributed by atoms with Gasteiger partial charge in [-0.1, -0.05) is 19.0 Å². The molecule has 0 radical (unpaired) electrons. The molecule has 3 N–H and O–H groups in total. The van der Waals surface area contributed by atoms with E-state index in [1.54, 1.807) is 11.9 Å². The predicted molar refractivity (Wildman–Crippen MR) is 50.5 cm³/mol. The third kappa shape index (κ3) is 5.05. The minimum Gasteiger partial charge on any atom is -0.409 e. The highest BCUT2D eigenvalue weighted by Gasteiger charge is 2.11. The van der Waals surface area contributed by atoms with E-state index in [1.807, 2.05) is 13.8 Å². The zero-order valence-electron chi connectivity index (χ0n) is 8.32. The van der Waals surface area contributed by atoms with Crippen molar-refractivity contribution >= 4 is 11.7 Å². The molecule has 0 saturated carbocycles. The smallest absolute Gasteiger partial charge is 0.230 e. The topological polar surface area (TPSA) is 78.9 Å². The lowest BCUT2D eigenvalue weighted by Crippen LogP contribution is -2.33.